The van der Waals surface area contributed by atoms with Crippen molar-refractivity contribution in [3.05, 3.63) is 114 Å². The maximum atomic E-state index is 13.4. The number of hydrogen-bond donors (Lipinski definition) is 0. The quantitative estimate of drug-likeness (QED) is 0.329. The minimum Gasteiger partial charge on any atom is -0.372 e. The number of benzene rings is 3. The van der Waals surface area contributed by atoms with Gasteiger partial charge in [0.2, 0.25) is 0 Å². The highest BCUT2D eigenvalue weighted by atomic mass is 19.1. The lowest BCUT2D eigenvalue weighted by Crippen LogP contribution is -2.56. The number of rotatable bonds is 9. The molecule has 0 amide bonds. The van der Waals surface area contributed by atoms with E-state index in [9.17, 15) is 4.39 Å². The molecule has 1 aliphatic heterocycles. The van der Waals surface area contributed by atoms with Crippen LogP contribution in [0.5, 0.6) is 0 Å². The summed E-state index contributed by atoms with van der Waals surface area (Å²) >= 11 is 0. The number of nitrogens with zero attached hydrogens (tertiary/aromatic N) is 3. The van der Waals surface area contributed by atoms with Crippen molar-refractivity contribution >= 4 is 5.70 Å². The van der Waals surface area contributed by atoms with Crippen LogP contribution in [0, 0.1) is 5.82 Å². The molecule has 1 unspecified atom stereocenters. The highest BCUT2D eigenvalue weighted by molar-refractivity contribution is 5.62. The van der Waals surface area contributed by atoms with Crippen LogP contribution in [0.1, 0.15) is 56.0 Å². The zero-order chi connectivity index (χ0) is 25.7. The standard InChI is InChI=1S/C32H40FN3/c1-6-34(7-2)26(5)28-15-17-30(18-16-28)32(29-11-9-8-10-12-29)36-22-24(3)35(21-25(36)4)23-27-13-19-31(33)20-14-27/h8-20,24-25,32H,5-7,21-23H2,1-4H3/t24-,25+,32?/m1/s1. The first-order valence-corrected chi connectivity index (χ1v) is 13.2. The smallest absolute Gasteiger partial charge is 0.123 e. The van der Waals surface area contributed by atoms with Crippen molar-refractivity contribution in [2.24, 2.45) is 0 Å². The molecule has 1 aliphatic rings. The van der Waals surface area contributed by atoms with Crippen LogP contribution in [0.2, 0.25) is 0 Å². The average molecular weight is 486 g/mol. The summed E-state index contributed by atoms with van der Waals surface area (Å²) in [4.78, 5) is 7.47. The maximum Gasteiger partial charge on any atom is 0.123 e. The molecular formula is C32H40FN3. The summed E-state index contributed by atoms with van der Waals surface area (Å²) in [5.41, 5.74) is 6.05. The fourth-order valence-electron chi connectivity index (χ4n) is 5.49. The third-order valence-electron chi connectivity index (χ3n) is 7.61. The first-order chi connectivity index (χ1) is 17.4. The number of piperazine rings is 1. The first kappa shape index (κ1) is 26.1. The Balaban J connectivity index is 1.58. The average Bonchev–Trinajstić information content (AvgIpc) is 2.90. The van der Waals surface area contributed by atoms with E-state index in [0.717, 1.165) is 44.0 Å². The van der Waals surface area contributed by atoms with Crippen LogP contribution in [0.3, 0.4) is 0 Å². The van der Waals surface area contributed by atoms with Crippen LogP contribution >= 0.6 is 0 Å². The van der Waals surface area contributed by atoms with Gasteiger partial charge in [0.25, 0.3) is 0 Å². The van der Waals surface area contributed by atoms with E-state index in [1.807, 2.05) is 12.1 Å². The lowest BCUT2D eigenvalue weighted by atomic mass is 9.92. The zero-order valence-corrected chi connectivity index (χ0v) is 22.2. The minimum absolute atomic E-state index is 0.178. The third-order valence-corrected chi connectivity index (χ3v) is 7.61. The number of halogens is 1. The molecule has 190 valence electrons. The van der Waals surface area contributed by atoms with Gasteiger partial charge in [-0.25, -0.2) is 4.39 Å². The lowest BCUT2D eigenvalue weighted by molar-refractivity contribution is 0.0195. The predicted molar refractivity (Wildman–Crippen MR) is 149 cm³/mol. The Labute approximate surface area is 216 Å². The molecule has 1 fully saturated rings. The van der Waals surface area contributed by atoms with E-state index in [1.54, 1.807) is 12.1 Å². The van der Waals surface area contributed by atoms with Gasteiger partial charge >= 0.3 is 0 Å². The maximum absolute atomic E-state index is 13.4. The Kier molecular flexibility index (Phi) is 8.60. The van der Waals surface area contributed by atoms with Crippen molar-refractivity contribution < 1.29 is 4.39 Å². The van der Waals surface area contributed by atoms with E-state index in [0.29, 0.717) is 12.1 Å². The predicted octanol–water partition coefficient (Wildman–Crippen LogP) is 6.82. The first-order valence-electron chi connectivity index (χ1n) is 13.2. The van der Waals surface area contributed by atoms with Gasteiger partial charge in [0.1, 0.15) is 5.82 Å². The molecule has 0 radical (unpaired) electrons. The third kappa shape index (κ3) is 5.88. The molecule has 0 N–H and O–H groups in total. The lowest BCUT2D eigenvalue weighted by Gasteiger charge is -2.47. The summed E-state index contributed by atoms with van der Waals surface area (Å²) in [7, 11) is 0. The molecule has 4 heteroatoms. The second-order valence-electron chi connectivity index (χ2n) is 10.0. The van der Waals surface area contributed by atoms with Crippen molar-refractivity contribution in [2.75, 3.05) is 26.2 Å². The molecule has 1 saturated heterocycles. The van der Waals surface area contributed by atoms with Gasteiger partial charge in [-0.2, -0.15) is 0 Å². The Morgan fingerprint density at radius 3 is 2.08 bits per heavy atom. The Morgan fingerprint density at radius 1 is 0.861 bits per heavy atom. The summed E-state index contributed by atoms with van der Waals surface area (Å²) in [6.45, 7) is 18.0. The molecule has 0 aliphatic carbocycles. The van der Waals surface area contributed by atoms with Gasteiger partial charge < -0.3 is 4.90 Å². The Bertz CT molecular complexity index is 1110. The molecule has 0 spiro atoms. The summed E-state index contributed by atoms with van der Waals surface area (Å²) in [6, 6.07) is 27.7. The van der Waals surface area contributed by atoms with Crippen LogP contribution in [0.15, 0.2) is 85.4 Å². The zero-order valence-electron chi connectivity index (χ0n) is 22.2. The van der Waals surface area contributed by atoms with Crippen molar-refractivity contribution in [2.45, 2.75) is 52.4 Å². The highest BCUT2D eigenvalue weighted by Crippen LogP contribution is 2.34. The summed E-state index contributed by atoms with van der Waals surface area (Å²) in [5.74, 6) is -0.178. The van der Waals surface area contributed by atoms with E-state index < -0.39 is 0 Å². The van der Waals surface area contributed by atoms with Crippen molar-refractivity contribution in [1.29, 1.82) is 0 Å². The van der Waals surface area contributed by atoms with Crippen molar-refractivity contribution in [3.8, 4) is 0 Å². The van der Waals surface area contributed by atoms with Gasteiger partial charge in [0.05, 0.1) is 6.04 Å². The Hall–Kier alpha value is -2.95. The van der Waals surface area contributed by atoms with E-state index in [4.69, 9.17) is 0 Å². The molecule has 3 aromatic rings. The van der Waals surface area contributed by atoms with E-state index in [2.05, 4.69) is 104 Å². The normalized spacial score (nSPS) is 19.7. The summed E-state index contributed by atoms with van der Waals surface area (Å²) in [5, 5.41) is 0. The molecular weight excluding hydrogens is 445 g/mol. The topological polar surface area (TPSA) is 9.72 Å². The molecule has 1 heterocycles. The fraction of sp³-hybridized carbons (Fsp3) is 0.375. The van der Waals surface area contributed by atoms with Crippen LogP contribution < -0.4 is 0 Å². The molecule has 3 atom stereocenters. The van der Waals surface area contributed by atoms with Gasteiger partial charge in [0, 0.05) is 50.5 Å². The van der Waals surface area contributed by atoms with Gasteiger partial charge in [-0.1, -0.05) is 73.3 Å². The van der Waals surface area contributed by atoms with E-state index in [1.165, 1.54) is 16.7 Å². The summed E-state index contributed by atoms with van der Waals surface area (Å²) < 4.78 is 13.4. The second-order valence-corrected chi connectivity index (χ2v) is 10.0. The van der Waals surface area contributed by atoms with Crippen LogP contribution in [0.25, 0.3) is 5.70 Å². The monoisotopic (exact) mass is 485 g/mol. The van der Waals surface area contributed by atoms with E-state index >= 15 is 0 Å². The van der Waals surface area contributed by atoms with Gasteiger partial charge in [-0.15, -0.1) is 0 Å². The van der Waals surface area contributed by atoms with Crippen molar-refractivity contribution in [1.82, 2.24) is 14.7 Å². The van der Waals surface area contributed by atoms with Crippen LogP contribution in [0.4, 0.5) is 4.39 Å². The fourth-order valence-corrected chi connectivity index (χ4v) is 5.49. The molecule has 3 aromatic carbocycles. The van der Waals surface area contributed by atoms with Crippen molar-refractivity contribution in [3.63, 3.8) is 0 Å². The molecule has 36 heavy (non-hydrogen) atoms. The van der Waals surface area contributed by atoms with Crippen LogP contribution in [-0.2, 0) is 6.54 Å². The Morgan fingerprint density at radius 2 is 1.47 bits per heavy atom. The summed E-state index contributed by atoms with van der Waals surface area (Å²) in [6.07, 6.45) is 0. The molecule has 3 nitrogen and oxygen atoms in total. The molecule has 4 rings (SSSR count). The number of hydrogen-bond acceptors (Lipinski definition) is 3. The molecule has 0 saturated carbocycles. The molecule has 0 aromatic heterocycles. The SMILES string of the molecule is C=C(c1ccc(C(c2ccccc2)N2C[C@@H](C)N(Cc3ccc(F)cc3)C[C@@H]2C)cc1)N(CC)CC. The minimum atomic E-state index is -0.178. The van der Waals surface area contributed by atoms with E-state index in [-0.39, 0.29) is 11.9 Å². The second kappa shape index (κ2) is 11.9. The van der Waals surface area contributed by atoms with Crippen LogP contribution in [-0.4, -0.2) is 53.0 Å². The highest BCUT2D eigenvalue weighted by Gasteiger charge is 2.34. The molecule has 0 bridgehead atoms. The van der Waals surface area contributed by atoms with Gasteiger partial charge in [-0.05, 0) is 62.1 Å². The van der Waals surface area contributed by atoms with Gasteiger partial charge in [0.15, 0.2) is 0 Å². The van der Waals surface area contributed by atoms with Gasteiger partial charge in [-0.3, -0.25) is 9.80 Å². The largest absolute Gasteiger partial charge is 0.372 e.